The van der Waals surface area contributed by atoms with Crippen LogP contribution in [0.25, 0.3) is 0 Å². The fourth-order valence-corrected chi connectivity index (χ4v) is 3.05. The Kier molecular flexibility index (Phi) is 4.52. The van der Waals surface area contributed by atoms with Gasteiger partial charge in [0.2, 0.25) is 0 Å². The number of carbonyl (C=O) groups excluding carboxylic acids is 1. The Bertz CT molecular complexity index is 436. The van der Waals surface area contributed by atoms with E-state index in [1.54, 1.807) is 0 Å². The smallest absolute Gasteiger partial charge is 0.312 e. The molecule has 0 heterocycles. The summed E-state index contributed by atoms with van der Waals surface area (Å²) in [5, 5.41) is 0. The molecule has 1 aliphatic carbocycles. The second-order valence-electron chi connectivity index (χ2n) is 7.01. The Morgan fingerprint density at radius 1 is 1.10 bits per heavy atom. The first kappa shape index (κ1) is 15.1. The number of benzene rings is 1. The van der Waals surface area contributed by atoms with Crippen molar-refractivity contribution in [1.82, 2.24) is 0 Å². The molecule has 2 nitrogen and oxygen atoms in total. The topological polar surface area (TPSA) is 26.3 Å². The molecule has 20 heavy (non-hydrogen) atoms. The third-order valence-electron chi connectivity index (χ3n) is 4.03. The summed E-state index contributed by atoms with van der Waals surface area (Å²) in [4.78, 5) is 12.7. The van der Waals surface area contributed by atoms with Gasteiger partial charge in [0.1, 0.15) is 5.60 Å². The molecule has 110 valence electrons. The molecule has 0 aliphatic heterocycles. The summed E-state index contributed by atoms with van der Waals surface area (Å²) in [6.45, 7) is 5.85. The first-order chi connectivity index (χ1) is 9.41. The Morgan fingerprint density at radius 3 is 2.25 bits per heavy atom. The van der Waals surface area contributed by atoms with E-state index in [4.69, 9.17) is 4.74 Å². The van der Waals surface area contributed by atoms with Crippen molar-refractivity contribution in [2.75, 3.05) is 0 Å². The van der Waals surface area contributed by atoms with Gasteiger partial charge in [0.05, 0.1) is 5.41 Å². The molecule has 2 rings (SSSR count). The van der Waals surface area contributed by atoms with Gasteiger partial charge in [0.15, 0.2) is 0 Å². The van der Waals surface area contributed by atoms with Crippen LogP contribution in [-0.4, -0.2) is 11.6 Å². The van der Waals surface area contributed by atoms with Crippen LogP contribution in [0.2, 0.25) is 0 Å². The molecule has 1 fully saturated rings. The van der Waals surface area contributed by atoms with Gasteiger partial charge in [-0.05, 0) is 45.6 Å². The average molecular weight is 274 g/mol. The van der Waals surface area contributed by atoms with Gasteiger partial charge in [0.25, 0.3) is 0 Å². The van der Waals surface area contributed by atoms with Crippen LogP contribution in [0.15, 0.2) is 30.3 Å². The summed E-state index contributed by atoms with van der Waals surface area (Å²) in [7, 11) is 0. The van der Waals surface area contributed by atoms with Gasteiger partial charge >= 0.3 is 5.97 Å². The van der Waals surface area contributed by atoms with Crippen LogP contribution in [0, 0.1) is 5.41 Å². The number of esters is 1. The molecule has 1 saturated carbocycles. The molecule has 0 amide bonds. The number of hydrogen-bond donors (Lipinski definition) is 0. The standard InChI is InChI=1S/C18H26O2/c1-17(2,3)20-16(19)18(12-8-5-9-13-18)14-15-10-6-4-7-11-15/h4,6-7,10-11H,5,8-9,12-14H2,1-3H3. The predicted octanol–water partition coefficient (Wildman–Crippen LogP) is 4.52. The van der Waals surface area contributed by atoms with E-state index in [1.165, 1.54) is 12.0 Å². The molecule has 0 radical (unpaired) electrons. The fourth-order valence-electron chi connectivity index (χ4n) is 3.05. The molecule has 1 aromatic carbocycles. The van der Waals surface area contributed by atoms with Crippen molar-refractivity contribution in [1.29, 1.82) is 0 Å². The minimum Gasteiger partial charge on any atom is -0.460 e. The van der Waals surface area contributed by atoms with E-state index in [9.17, 15) is 4.79 Å². The van der Waals surface area contributed by atoms with Gasteiger partial charge < -0.3 is 4.74 Å². The molecule has 2 heteroatoms. The van der Waals surface area contributed by atoms with Crippen molar-refractivity contribution in [2.24, 2.45) is 5.41 Å². The lowest BCUT2D eigenvalue weighted by atomic mass is 9.70. The van der Waals surface area contributed by atoms with E-state index in [0.29, 0.717) is 0 Å². The van der Waals surface area contributed by atoms with E-state index in [1.807, 2.05) is 39.0 Å². The van der Waals surface area contributed by atoms with Crippen LogP contribution in [0.1, 0.15) is 58.4 Å². The van der Waals surface area contributed by atoms with Gasteiger partial charge in [-0.3, -0.25) is 4.79 Å². The molecule has 1 aliphatic rings. The van der Waals surface area contributed by atoms with Gasteiger partial charge in [-0.25, -0.2) is 0 Å². The quantitative estimate of drug-likeness (QED) is 0.757. The minimum absolute atomic E-state index is 0.00597. The van der Waals surface area contributed by atoms with Crippen LogP contribution >= 0.6 is 0 Å². The molecule has 0 unspecified atom stereocenters. The number of carbonyl (C=O) groups is 1. The summed E-state index contributed by atoms with van der Waals surface area (Å²) >= 11 is 0. The van der Waals surface area contributed by atoms with E-state index in [-0.39, 0.29) is 11.4 Å². The van der Waals surface area contributed by atoms with Crippen molar-refractivity contribution < 1.29 is 9.53 Å². The third kappa shape index (κ3) is 3.84. The first-order valence-electron chi connectivity index (χ1n) is 7.69. The Hall–Kier alpha value is -1.31. The molecule has 0 atom stereocenters. The second-order valence-corrected chi connectivity index (χ2v) is 7.01. The van der Waals surface area contributed by atoms with Crippen molar-refractivity contribution in [3.05, 3.63) is 35.9 Å². The summed E-state index contributed by atoms with van der Waals surface area (Å²) in [6, 6.07) is 10.3. The van der Waals surface area contributed by atoms with E-state index >= 15 is 0 Å². The minimum atomic E-state index is -0.405. The fraction of sp³-hybridized carbons (Fsp3) is 0.611. The monoisotopic (exact) mass is 274 g/mol. The third-order valence-corrected chi connectivity index (χ3v) is 4.03. The highest BCUT2D eigenvalue weighted by Crippen LogP contribution is 2.41. The highest BCUT2D eigenvalue weighted by molar-refractivity contribution is 5.77. The zero-order valence-electron chi connectivity index (χ0n) is 12.9. The van der Waals surface area contributed by atoms with Crippen molar-refractivity contribution >= 4 is 5.97 Å². The van der Waals surface area contributed by atoms with Crippen LogP contribution in [0.4, 0.5) is 0 Å². The highest BCUT2D eigenvalue weighted by atomic mass is 16.6. The largest absolute Gasteiger partial charge is 0.460 e. The lowest BCUT2D eigenvalue weighted by Crippen LogP contribution is -2.40. The second kappa shape index (κ2) is 5.99. The number of hydrogen-bond acceptors (Lipinski definition) is 2. The molecule has 0 N–H and O–H groups in total. The van der Waals surface area contributed by atoms with Crippen molar-refractivity contribution in [2.45, 2.75) is 64.9 Å². The van der Waals surface area contributed by atoms with E-state index in [0.717, 1.165) is 32.1 Å². The van der Waals surface area contributed by atoms with Crippen LogP contribution in [0.5, 0.6) is 0 Å². The molecule has 0 aromatic heterocycles. The van der Waals surface area contributed by atoms with Crippen molar-refractivity contribution in [3.63, 3.8) is 0 Å². The average Bonchev–Trinajstić information content (AvgIpc) is 2.39. The summed E-state index contributed by atoms with van der Waals surface area (Å²) in [5.41, 5.74) is 0.519. The SMILES string of the molecule is CC(C)(C)OC(=O)C1(Cc2ccccc2)CCCCC1. The molecule has 1 aromatic rings. The van der Waals surface area contributed by atoms with Gasteiger partial charge in [-0.15, -0.1) is 0 Å². The summed E-state index contributed by atoms with van der Waals surface area (Å²) < 4.78 is 5.71. The Morgan fingerprint density at radius 2 is 1.70 bits per heavy atom. The predicted molar refractivity (Wildman–Crippen MR) is 81.5 cm³/mol. The van der Waals surface area contributed by atoms with Crippen LogP contribution in [0.3, 0.4) is 0 Å². The normalized spacial score (nSPS) is 18.6. The lowest BCUT2D eigenvalue weighted by Gasteiger charge is -2.37. The highest BCUT2D eigenvalue weighted by Gasteiger charge is 2.42. The summed E-state index contributed by atoms with van der Waals surface area (Å²) in [5.74, 6) is -0.00597. The van der Waals surface area contributed by atoms with Gasteiger partial charge in [-0.2, -0.15) is 0 Å². The number of rotatable bonds is 3. The van der Waals surface area contributed by atoms with E-state index < -0.39 is 5.60 Å². The lowest BCUT2D eigenvalue weighted by molar-refractivity contribution is -0.170. The first-order valence-corrected chi connectivity index (χ1v) is 7.69. The molecule has 0 spiro atoms. The van der Waals surface area contributed by atoms with Crippen LogP contribution in [-0.2, 0) is 16.0 Å². The van der Waals surface area contributed by atoms with Crippen molar-refractivity contribution in [3.8, 4) is 0 Å². The van der Waals surface area contributed by atoms with Crippen LogP contribution < -0.4 is 0 Å². The maximum atomic E-state index is 12.7. The Labute approximate surface area is 122 Å². The Balaban J connectivity index is 2.19. The van der Waals surface area contributed by atoms with Gasteiger partial charge in [-0.1, -0.05) is 49.6 Å². The summed E-state index contributed by atoms with van der Waals surface area (Å²) in [6.07, 6.45) is 6.22. The zero-order valence-corrected chi connectivity index (χ0v) is 12.9. The maximum Gasteiger partial charge on any atom is 0.312 e. The molecule has 0 bridgehead atoms. The molecule has 0 saturated heterocycles. The van der Waals surface area contributed by atoms with E-state index in [2.05, 4.69) is 12.1 Å². The van der Waals surface area contributed by atoms with Gasteiger partial charge in [0, 0.05) is 0 Å². The maximum absolute atomic E-state index is 12.7. The number of ether oxygens (including phenoxy) is 1. The molecular formula is C18H26O2. The molecular weight excluding hydrogens is 248 g/mol. The zero-order chi connectivity index (χ0) is 14.6.